The van der Waals surface area contributed by atoms with Crippen molar-refractivity contribution in [3.05, 3.63) is 82.4 Å². The molecule has 1 aromatic heterocycles. The minimum absolute atomic E-state index is 0.0376. The largest absolute Gasteiger partial charge is 0.466 e. The molecule has 0 saturated heterocycles. The Hall–Kier alpha value is -4.25. The van der Waals surface area contributed by atoms with Gasteiger partial charge in [-0.25, -0.2) is 9.78 Å². The van der Waals surface area contributed by atoms with E-state index >= 15 is 0 Å². The first-order valence-electron chi connectivity index (χ1n) is 11.7. The Kier molecular flexibility index (Phi) is 10.1. The molecule has 0 aliphatic carbocycles. The Morgan fingerprint density at radius 3 is 2.32 bits per heavy atom. The van der Waals surface area contributed by atoms with Crippen LogP contribution < -0.4 is 21.3 Å². The SMILES string of the molecule is CCOC(=O)CC(NC(=O)CNC(=O)c1nc(NC(=O)NCc2ccccc2)sc1C)c1ccccc1. The molecule has 0 aliphatic heterocycles. The van der Waals surface area contributed by atoms with E-state index in [0.29, 0.717) is 11.4 Å². The van der Waals surface area contributed by atoms with Gasteiger partial charge in [-0.05, 0) is 25.0 Å². The number of nitrogens with one attached hydrogen (secondary N) is 4. The van der Waals surface area contributed by atoms with Gasteiger partial charge in [0.05, 0.1) is 25.6 Å². The molecule has 1 atom stereocenters. The van der Waals surface area contributed by atoms with Gasteiger partial charge >= 0.3 is 12.0 Å². The van der Waals surface area contributed by atoms with Crippen LogP contribution >= 0.6 is 11.3 Å². The van der Waals surface area contributed by atoms with E-state index in [1.165, 1.54) is 0 Å². The van der Waals surface area contributed by atoms with Crippen molar-refractivity contribution in [1.29, 1.82) is 0 Å². The zero-order chi connectivity index (χ0) is 26.6. The summed E-state index contributed by atoms with van der Waals surface area (Å²) in [5.41, 5.74) is 1.80. The number of thiazole rings is 1. The quantitative estimate of drug-likeness (QED) is 0.285. The van der Waals surface area contributed by atoms with Crippen LogP contribution in [0.2, 0.25) is 0 Å². The highest BCUT2D eigenvalue weighted by molar-refractivity contribution is 7.16. The first-order valence-corrected chi connectivity index (χ1v) is 12.5. The number of amides is 4. The molecule has 4 N–H and O–H groups in total. The molecular formula is C26H29N5O5S. The van der Waals surface area contributed by atoms with Crippen molar-refractivity contribution in [3.63, 3.8) is 0 Å². The summed E-state index contributed by atoms with van der Waals surface area (Å²) in [6, 6.07) is 17.4. The predicted octanol–water partition coefficient (Wildman–Crippen LogP) is 3.31. The maximum Gasteiger partial charge on any atom is 0.321 e. The molecule has 1 heterocycles. The maximum atomic E-state index is 12.6. The zero-order valence-corrected chi connectivity index (χ0v) is 21.4. The van der Waals surface area contributed by atoms with Gasteiger partial charge in [0.1, 0.15) is 5.69 Å². The van der Waals surface area contributed by atoms with E-state index in [1.54, 1.807) is 38.1 Å². The number of benzene rings is 2. The summed E-state index contributed by atoms with van der Waals surface area (Å²) in [5.74, 6) is -1.46. The lowest BCUT2D eigenvalue weighted by Crippen LogP contribution is -2.39. The molecule has 37 heavy (non-hydrogen) atoms. The molecule has 10 nitrogen and oxygen atoms in total. The third kappa shape index (κ3) is 8.73. The van der Waals surface area contributed by atoms with Crippen molar-refractivity contribution < 1.29 is 23.9 Å². The number of rotatable bonds is 11. The summed E-state index contributed by atoms with van der Waals surface area (Å²) in [6.45, 7) is 3.68. The van der Waals surface area contributed by atoms with Crippen LogP contribution in [0.15, 0.2) is 60.7 Å². The van der Waals surface area contributed by atoms with Crippen LogP contribution in [0.25, 0.3) is 0 Å². The second kappa shape index (κ2) is 13.7. The van der Waals surface area contributed by atoms with Gasteiger partial charge in [0, 0.05) is 11.4 Å². The standard InChI is InChI=1S/C26H29N5O5S/c1-3-36-22(33)14-20(19-12-8-5-9-13-19)29-21(32)16-27-24(34)23-17(2)37-26(30-23)31-25(35)28-15-18-10-6-4-7-11-18/h4-13,20H,3,14-16H2,1-2H3,(H,27,34)(H,29,32)(H2,28,30,31,35). The molecule has 0 spiro atoms. The number of carbonyl (C=O) groups excluding carboxylic acids is 4. The number of urea groups is 1. The second-order valence-electron chi connectivity index (χ2n) is 7.94. The summed E-state index contributed by atoms with van der Waals surface area (Å²) in [4.78, 5) is 54.2. The molecule has 0 bridgehead atoms. The Morgan fingerprint density at radius 1 is 0.973 bits per heavy atom. The first kappa shape index (κ1) is 27.3. The number of ether oxygens (including phenoxy) is 1. The third-order valence-electron chi connectivity index (χ3n) is 5.15. The smallest absolute Gasteiger partial charge is 0.321 e. The van der Waals surface area contributed by atoms with Gasteiger partial charge in [-0.3, -0.25) is 19.7 Å². The van der Waals surface area contributed by atoms with Crippen LogP contribution in [0.5, 0.6) is 0 Å². The molecule has 0 aliphatic rings. The van der Waals surface area contributed by atoms with Crippen molar-refractivity contribution >= 4 is 40.3 Å². The number of aromatic nitrogens is 1. The highest BCUT2D eigenvalue weighted by Crippen LogP contribution is 2.22. The van der Waals surface area contributed by atoms with Crippen LogP contribution in [-0.4, -0.2) is 42.0 Å². The van der Waals surface area contributed by atoms with Crippen molar-refractivity contribution in [1.82, 2.24) is 20.9 Å². The molecular weight excluding hydrogens is 494 g/mol. The Balaban J connectivity index is 1.52. The fourth-order valence-electron chi connectivity index (χ4n) is 3.39. The molecule has 4 amide bonds. The zero-order valence-electron chi connectivity index (χ0n) is 20.6. The van der Waals surface area contributed by atoms with Crippen LogP contribution in [0.4, 0.5) is 9.93 Å². The van der Waals surface area contributed by atoms with Gasteiger partial charge < -0.3 is 20.7 Å². The molecule has 0 fully saturated rings. The minimum Gasteiger partial charge on any atom is -0.466 e. The van der Waals surface area contributed by atoms with Crippen molar-refractivity contribution in [2.75, 3.05) is 18.5 Å². The minimum atomic E-state index is -0.601. The number of hydrogen-bond donors (Lipinski definition) is 4. The summed E-state index contributed by atoms with van der Waals surface area (Å²) >= 11 is 1.15. The molecule has 0 saturated carbocycles. The molecule has 0 radical (unpaired) electrons. The van der Waals surface area contributed by atoms with Gasteiger partial charge in [-0.1, -0.05) is 60.7 Å². The van der Waals surface area contributed by atoms with Gasteiger partial charge in [0.15, 0.2) is 5.13 Å². The molecule has 3 aromatic rings. The van der Waals surface area contributed by atoms with E-state index in [4.69, 9.17) is 4.74 Å². The van der Waals surface area contributed by atoms with E-state index < -0.39 is 29.9 Å². The molecule has 194 valence electrons. The average molecular weight is 524 g/mol. The maximum absolute atomic E-state index is 12.6. The summed E-state index contributed by atoms with van der Waals surface area (Å²) in [6.07, 6.45) is -0.0376. The van der Waals surface area contributed by atoms with E-state index in [9.17, 15) is 19.2 Å². The van der Waals surface area contributed by atoms with Crippen molar-refractivity contribution in [2.45, 2.75) is 32.9 Å². The van der Waals surface area contributed by atoms with Crippen molar-refractivity contribution in [3.8, 4) is 0 Å². The third-order valence-corrected chi connectivity index (χ3v) is 6.04. The Labute approximate surface area is 218 Å². The van der Waals surface area contributed by atoms with Gasteiger partial charge in [0.2, 0.25) is 5.91 Å². The van der Waals surface area contributed by atoms with E-state index in [0.717, 1.165) is 22.5 Å². The Morgan fingerprint density at radius 2 is 1.65 bits per heavy atom. The summed E-state index contributed by atoms with van der Waals surface area (Å²) in [5, 5.41) is 10.9. The lowest BCUT2D eigenvalue weighted by molar-refractivity contribution is -0.143. The summed E-state index contributed by atoms with van der Waals surface area (Å²) < 4.78 is 5.01. The first-order chi connectivity index (χ1) is 17.9. The number of hydrogen-bond acceptors (Lipinski definition) is 7. The lowest BCUT2D eigenvalue weighted by atomic mass is 10.0. The van der Waals surface area contributed by atoms with Crippen LogP contribution in [0, 0.1) is 6.92 Å². The van der Waals surface area contributed by atoms with E-state index in [2.05, 4.69) is 26.3 Å². The van der Waals surface area contributed by atoms with Crippen LogP contribution in [-0.2, 0) is 20.9 Å². The molecule has 3 rings (SSSR count). The van der Waals surface area contributed by atoms with E-state index in [1.807, 2.05) is 36.4 Å². The normalized spacial score (nSPS) is 11.2. The van der Waals surface area contributed by atoms with Crippen molar-refractivity contribution in [2.24, 2.45) is 0 Å². The highest BCUT2D eigenvalue weighted by Gasteiger charge is 2.21. The number of nitrogens with zero attached hydrogens (tertiary/aromatic N) is 1. The molecule has 11 heteroatoms. The summed E-state index contributed by atoms with van der Waals surface area (Å²) in [7, 11) is 0. The van der Waals surface area contributed by atoms with Crippen LogP contribution in [0.1, 0.15) is 45.9 Å². The van der Waals surface area contributed by atoms with Gasteiger partial charge in [0.25, 0.3) is 5.91 Å². The average Bonchev–Trinajstić information content (AvgIpc) is 3.26. The molecule has 1 unspecified atom stereocenters. The number of aryl methyl sites for hydroxylation is 1. The number of esters is 1. The fourth-order valence-corrected chi connectivity index (χ4v) is 4.20. The van der Waals surface area contributed by atoms with Gasteiger partial charge in [-0.15, -0.1) is 11.3 Å². The topological polar surface area (TPSA) is 139 Å². The molecule has 2 aromatic carbocycles. The van der Waals surface area contributed by atoms with Gasteiger partial charge in [-0.2, -0.15) is 0 Å². The van der Waals surface area contributed by atoms with Crippen LogP contribution in [0.3, 0.4) is 0 Å². The predicted molar refractivity (Wildman–Crippen MR) is 140 cm³/mol. The number of carbonyl (C=O) groups is 4. The highest BCUT2D eigenvalue weighted by atomic mass is 32.1. The monoisotopic (exact) mass is 523 g/mol. The lowest BCUT2D eigenvalue weighted by Gasteiger charge is -2.18. The number of anilines is 1. The second-order valence-corrected chi connectivity index (χ2v) is 9.14. The fraction of sp³-hybridized carbons (Fsp3) is 0.269. The van der Waals surface area contributed by atoms with E-state index in [-0.39, 0.29) is 30.4 Å². The Bertz CT molecular complexity index is 1220.